The van der Waals surface area contributed by atoms with E-state index in [-0.39, 0.29) is 20.7 Å². The van der Waals surface area contributed by atoms with Gasteiger partial charge < -0.3 is 0 Å². The second-order valence-electron chi connectivity index (χ2n) is 13.9. The molecule has 0 N–H and O–H groups in total. The van der Waals surface area contributed by atoms with Crippen LogP contribution in [0.25, 0.3) is 21.5 Å². The van der Waals surface area contributed by atoms with Gasteiger partial charge in [-0.05, 0) is 0 Å². The molecule has 5 aromatic rings. The SMILES string of the molecule is COc1cc[c]([Ge]([CH2]CC(F)(F)C(F)(F)C(F)(F)C(F)(F)C(F)(F)C(F)(F)C(F)(F)C(F)(F)F)([CH2]c2ccc3ccccc3c2)[CH2]c2ccc3ccccc3c2)cc1. The van der Waals surface area contributed by atoms with Gasteiger partial charge in [0.05, 0.1) is 0 Å². The Morgan fingerprint density at radius 1 is 0.431 bits per heavy atom. The third-order valence-corrected chi connectivity index (χ3v) is 20.5. The Bertz CT molecular complexity index is 2150. The molecule has 5 rings (SSSR count). The topological polar surface area (TPSA) is 9.23 Å². The van der Waals surface area contributed by atoms with Crippen molar-refractivity contribution in [3.05, 3.63) is 120 Å². The maximum atomic E-state index is 15.7. The van der Waals surface area contributed by atoms with Crippen LogP contribution in [0, 0.1) is 0 Å². The van der Waals surface area contributed by atoms with Crippen LogP contribution >= 0.6 is 0 Å². The first kappa shape index (κ1) is 44.9. The van der Waals surface area contributed by atoms with Crippen LogP contribution < -0.4 is 9.13 Å². The summed E-state index contributed by atoms with van der Waals surface area (Å²) in [4.78, 5) is 0. The molecule has 0 aliphatic rings. The average molecular weight is 909 g/mol. The second-order valence-corrected chi connectivity index (χ2v) is 23.0. The summed E-state index contributed by atoms with van der Waals surface area (Å²) in [7, 11) is 1.27. The zero-order valence-electron chi connectivity index (χ0n) is 29.6. The van der Waals surface area contributed by atoms with Crippen molar-refractivity contribution >= 4 is 39.2 Å². The molecule has 0 atom stereocenters. The van der Waals surface area contributed by atoms with E-state index in [9.17, 15) is 57.1 Å². The quantitative estimate of drug-likeness (QED) is 0.0751. The van der Waals surface area contributed by atoms with E-state index in [1.165, 1.54) is 31.4 Å². The second kappa shape index (κ2) is 15.1. The van der Waals surface area contributed by atoms with Crippen molar-refractivity contribution in [3.63, 3.8) is 0 Å². The predicted molar refractivity (Wildman–Crippen MR) is 184 cm³/mol. The summed E-state index contributed by atoms with van der Waals surface area (Å²) >= 11 is -4.82. The third-order valence-electron chi connectivity index (χ3n) is 10.1. The van der Waals surface area contributed by atoms with Crippen LogP contribution in [0.5, 0.6) is 5.75 Å². The van der Waals surface area contributed by atoms with Crippen molar-refractivity contribution in [1.29, 1.82) is 0 Å². The van der Waals surface area contributed by atoms with Crippen LogP contribution in [-0.2, 0) is 10.5 Å². The molecule has 0 heterocycles. The minimum atomic E-state index is -8.68. The number of methoxy groups -OCH3 is 1. The van der Waals surface area contributed by atoms with Gasteiger partial charge in [0, 0.05) is 0 Å². The molecule has 0 aliphatic carbocycles. The molecule has 0 saturated heterocycles. The molecule has 0 radical (unpaired) electrons. The van der Waals surface area contributed by atoms with Crippen molar-refractivity contribution in [2.75, 3.05) is 7.11 Å². The van der Waals surface area contributed by atoms with E-state index in [2.05, 4.69) is 0 Å². The summed E-state index contributed by atoms with van der Waals surface area (Å²) in [5.74, 6) is -56.5. The number of hydrogen-bond acceptors (Lipinski definition) is 1. The van der Waals surface area contributed by atoms with E-state index in [4.69, 9.17) is 4.74 Å². The molecular formula is C39H29F17GeO. The van der Waals surface area contributed by atoms with Gasteiger partial charge in [0.25, 0.3) is 0 Å². The van der Waals surface area contributed by atoms with E-state index in [0.717, 1.165) is 0 Å². The number of benzene rings is 5. The van der Waals surface area contributed by atoms with E-state index in [1.807, 2.05) is 0 Å². The molecule has 1 nitrogen and oxygen atoms in total. The molecule has 0 aromatic heterocycles. The first-order valence-electron chi connectivity index (χ1n) is 16.9. The molecule has 0 saturated carbocycles. The zero-order valence-corrected chi connectivity index (χ0v) is 31.7. The van der Waals surface area contributed by atoms with Gasteiger partial charge >= 0.3 is 322 Å². The summed E-state index contributed by atoms with van der Waals surface area (Å²) < 4.78 is 247. The summed E-state index contributed by atoms with van der Waals surface area (Å²) in [6.45, 7) is 0. The van der Waals surface area contributed by atoms with Gasteiger partial charge in [0.2, 0.25) is 0 Å². The van der Waals surface area contributed by atoms with E-state index < -0.39 is 72.6 Å². The Kier molecular flexibility index (Phi) is 11.7. The summed E-state index contributed by atoms with van der Waals surface area (Å²) in [5, 5.41) is 1.15. The first-order valence-corrected chi connectivity index (χ1v) is 22.4. The average Bonchev–Trinajstić information content (AvgIpc) is 3.16. The number of halogens is 17. The first-order chi connectivity index (χ1) is 26.6. The fraction of sp³-hybridized carbons (Fsp3) is 0.333. The van der Waals surface area contributed by atoms with Gasteiger partial charge in [-0.3, -0.25) is 0 Å². The van der Waals surface area contributed by atoms with Crippen molar-refractivity contribution < 1.29 is 79.4 Å². The molecule has 19 heteroatoms. The minimum absolute atomic E-state index is 0.186. The molecule has 0 spiro atoms. The molecule has 0 bridgehead atoms. The Morgan fingerprint density at radius 3 is 1.21 bits per heavy atom. The molecule has 5 aromatic carbocycles. The Hall–Kier alpha value is -4.23. The Morgan fingerprint density at radius 2 is 0.810 bits per heavy atom. The maximum absolute atomic E-state index is 15.7. The van der Waals surface area contributed by atoms with Crippen molar-refractivity contribution in [2.24, 2.45) is 0 Å². The summed E-state index contributed by atoms with van der Waals surface area (Å²) in [6, 6.07) is 28.8. The van der Waals surface area contributed by atoms with Gasteiger partial charge in [0.15, 0.2) is 0 Å². The molecule has 314 valence electrons. The van der Waals surface area contributed by atoms with Gasteiger partial charge in [-0.15, -0.1) is 0 Å². The van der Waals surface area contributed by atoms with E-state index in [1.54, 1.807) is 84.9 Å². The van der Waals surface area contributed by atoms with Crippen LogP contribution in [0.1, 0.15) is 17.5 Å². The molecule has 0 amide bonds. The molecule has 0 unspecified atom stereocenters. The molecule has 0 fully saturated rings. The van der Waals surface area contributed by atoms with Gasteiger partial charge in [0.1, 0.15) is 0 Å². The number of fused-ring (bicyclic) bond motifs is 2. The van der Waals surface area contributed by atoms with Crippen molar-refractivity contribution in [3.8, 4) is 5.75 Å². The fourth-order valence-electron chi connectivity index (χ4n) is 6.76. The van der Waals surface area contributed by atoms with Crippen LogP contribution in [-0.4, -0.2) is 68.0 Å². The van der Waals surface area contributed by atoms with Crippen molar-refractivity contribution in [1.82, 2.24) is 0 Å². The molecule has 0 aliphatic heterocycles. The number of hydrogen-bond donors (Lipinski definition) is 0. The third kappa shape index (κ3) is 7.46. The standard InChI is InChI=1S/C39H29F17GeO/c1-58-31-16-14-30(15-17-31)57(22-24-10-12-26-6-2-4-8-28(26)20-24,23-25-11-13-27-7-3-5-9-29(27)21-25)19-18-32(40,41)33(42,43)34(44,45)35(46,47)36(48,49)37(50,51)38(52,53)39(54,55)56/h2-17,20-21H,18-19,22-23H2,1H3. The normalized spacial score (nSPS) is 14.3. The number of alkyl halides is 17. The fourth-order valence-corrected chi connectivity index (χ4v) is 16.9. The predicted octanol–water partition coefficient (Wildman–Crippen LogP) is 12.6. The Labute approximate surface area is 321 Å². The monoisotopic (exact) mass is 910 g/mol. The molecular weight excluding hydrogens is 880 g/mol. The number of rotatable bonds is 15. The van der Waals surface area contributed by atoms with Gasteiger partial charge in [-0.25, -0.2) is 0 Å². The summed E-state index contributed by atoms with van der Waals surface area (Å²) in [5.41, 5.74) is 0.851. The molecule has 58 heavy (non-hydrogen) atoms. The zero-order chi connectivity index (χ0) is 43.4. The van der Waals surface area contributed by atoms with Crippen LogP contribution in [0.4, 0.5) is 74.6 Å². The van der Waals surface area contributed by atoms with Crippen molar-refractivity contribution in [2.45, 2.75) is 69.8 Å². The van der Waals surface area contributed by atoms with Crippen LogP contribution in [0.15, 0.2) is 109 Å². The Balaban J connectivity index is 1.63. The van der Waals surface area contributed by atoms with E-state index in [0.29, 0.717) is 32.7 Å². The number of ether oxygens (including phenoxy) is 1. The van der Waals surface area contributed by atoms with Crippen LogP contribution in [0.3, 0.4) is 0 Å². The van der Waals surface area contributed by atoms with Crippen LogP contribution in [0.2, 0.25) is 5.25 Å². The van der Waals surface area contributed by atoms with E-state index >= 15 is 17.6 Å². The summed E-state index contributed by atoms with van der Waals surface area (Å²) in [6.07, 6.45) is -10.3. The van der Waals surface area contributed by atoms with Gasteiger partial charge in [-0.2, -0.15) is 0 Å². The van der Waals surface area contributed by atoms with Gasteiger partial charge in [-0.1, -0.05) is 0 Å².